The van der Waals surface area contributed by atoms with Crippen LogP contribution in [0.15, 0.2) is 48.5 Å². The van der Waals surface area contributed by atoms with Crippen LogP contribution in [0.2, 0.25) is 0 Å². The van der Waals surface area contributed by atoms with Crippen molar-refractivity contribution in [1.29, 1.82) is 0 Å². The highest BCUT2D eigenvalue weighted by atomic mass is 16.5. The maximum absolute atomic E-state index is 12.2. The lowest BCUT2D eigenvalue weighted by molar-refractivity contribution is -0.140. The molecule has 0 aliphatic carbocycles. The minimum absolute atomic E-state index is 0.159. The topological polar surface area (TPSA) is 84.9 Å². The Bertz CT molecular complexity index is 715. The molecule has 0 spiro atoms. The van der Waals surface area contributed by atoms with Crippen LogP contribution >= 0.6 is 0 Å². The first-order valence-corrected chi connectivity index (χ1v) is 7.34. The lowest BCUT2D eigenvalue weighted by atomic mass is 9.95. The van der Waals surface area contributed by atoms with Crippen LogP contribution in [0, 0.1) is 0 Å². The van der Waals surface area contributed by atoms with Crippen molar-refractivity contribution in [3.05, 3.63) is 54.1 Å². The van der Waals surface area contributed by atoms with Crippen LogP contribution in [0.5, 0.6) is 11.5 Å². The number of carboxylic acids is 1. The number of anilines is 1. The fraction of sp³-hybridized carbons (Fsp3) is 0.222. The van der Waals surface area contributed by atoms with Crippen LogP contribution < -0.4 is 14.8 Å². The molecule has 0 bridgehead atoms. The van der Waals surface area contributed by atoms with E-state index in [4.69, 9.17) is 9.47 Å². The second-order valence-corrected chi connectivity index (χ2v) is 5.12. The number of ether oxygens (including phenoxy) is 2. The summed E-state index contributed by atoms with van der Waals surface area (Å²) in [5.74, 6) is -1.30. The molecule has 0 aliphatic rings. The maximum Gasteiger partial charge on any atom is 0.311 e. The number of methoxy groups -OCH3 is 2. The molecule has 1 atom stereocenters. The van der Waals surface area contributed by atoms with Crippen molar-refractivity contribution in [3.63, 3.8) is 0 Å². The third-order valence-electron chi connectivity index (χ3n) is 3.56. The third kappa shape index (κ3) is 4.25. The summed E-state index contributed by atoms with van der Waals surface area (Å²) in [5, 5.41) is 12.1. The summed E-state index contributed by atoms with van der Waals surface area (Å²) >= 11 is 0. The largest absolute Gasteiger partial charge is 0.493 e. The monoisotopic (exact) mass is 329 g/mol. The zero-order chi connectivity index (χ0) is 17.5. The summed E-state index contributed by atoms with van der Waals surface area (Å²) in [7, 11) is 3.02. The van der Waals surface area contributed by atoms with E-state index >= 15 is 0 Å². The van der Waals surface area contributed by atoms with Crippen LogP contribution in [-0.4, -0.2) is 31.2 Å². The number of hydrogen-bond donors (Lipinski definition) is 2. The first-order valence-electron chi connectivity index (χ1n) is 7.34. The van der Waals surface area contributed by atoms with E-state index in [1.165, 1.54) is 14.2 Å². The van der Waals surface area contributed by atoms with Gasteiger partial charge in [-0.1, -0.05) is 30.3 Å². The van der Waals surface area contributed by atoms with Gasteiger partial charge in [-0.15, -0.1) is 0 Å². The molecule has 2 N–H and O–H groups in total. The molecule has 0 fully saturated rings. The standard InChI is InChI=1S/C18H19NO5/c1-23-15-9-8-13(10-16(15)24-2)19-17(20)11-14(18(21)22)12-6-4-3-5-7-12/h3-10,14H,11H2,1-2H3,(H,19,20)(H,21,22)/t14-/m1/s1. The summed E-state index contributed by atoms with van der Waals surface area (Å²) in [5.41, 5.74) is 1.10. The third-order valence-corrected chi connectivity index (χ3v) is 3.56. The van der Waals surface area contributed by atoms with E-state index in [9.17, 15) is 14.7 Å². The predicted octanol–water partition coefficient (Wildman–Crippen LogP) is 2.90. The van der Waals surface area contributed by atoms with Crippen LogP contribution in [0.1, 0.15) is 17.9 Å². The second kappa shape index (κ2) is 8.01. The molecule has 0 unspecified atom stereocenters. The van der Waals surface area contributed by atoms with Gasteiger partial charge in [0.05, 0.1) is 20.1 Å². The minimum atomic E-state index is -1.04. The normalized spacial score (nSPS) is 11.4. The quantitative estimate of drug-likeness (QED) is 0.816. The number of aliphatic carboxylic acids is 1. The Morgan fingerprint density at radius 2 is 1.71 bits per heavy atom. The van der Waals surface area contributed by atoms with Gasteiger partial charge in [-0.2, -0.15) is 0 Å². The number of rotatable bonds is 7. The molecule has 0 aliphatic heterocycles. The first-order chi connectivity index (χ1) is 11.5. The van der Waals surface area contributed by atoms with E-state index in [1.807, 2.05) is 0 Å². The van der Waals surface area contributed by atoms with Crippen LogP contribution in [-0.2, 0) is 9.59 Å². The number of hydrogen-bond acceptors (Lipinski definition) is 4. The van der Waals surface area contributed by atoms with Gasteiger partial charge in [0.25, 0.3) is 0 Å². The molecule has 0 saturated carbocycles. The van der Waals surface area contributed by atoms with Gasteiger partial charge < -0.3 is 19.9 Å². The molecule has 6 heteroatoms. The van der Waals surface area contributed by atoms with E-state index in [0.29, 0.717) is 22.7 Å². The molecule has 6 nitrogen and oxygen atoms in total. The summed E-state index contributed by atoms with van der Waals surface area (Å²) in [6.07, 6.45) is -0.159. The van der Waals surface area contributed by atoms with Gasteiger partial charge in [0.15, 0.2) is 11.5 Å². The highest BCUT2D eigenvalue weighted by Gasteiger charge is 2.23. The average molecular weight is 329 g/mol. The molecule has 1 amide bonds. The fourth-order valence-electron chi connectivity index (χ4n) is 2.34. The second-order valence-electron chi connectivity index (χ2n) is 5.12. The Hall–Kier alpha value is -3.02. The number of carbonyl (C=O) groups excluding carboxylic acids is 1. The number of carbonyl (C=O) groups is 2. The smallest absolute Gasteiger partial charge is 0.311 e. The zero-order valence-electron chi connectivity index (χ0n) is 13.5. The summed E-state index contributed by atoms with van der Waals surface area (Å²) in [6, 6.07) is 13.6. The summed E-state index contributed by atoms with van der Waals surface area (Å²) < 4.78 is 10.3. The van der Waals surface area contributed by atoms with E-state index in [0.717, 1.165) is 0 Å². The van der Waals surface area contributed by atoms with Crippen molar-refractivity contribution in [3.8, 4) is 11.5 Å². The molecular formula is C18H19NO5. The predicted molar refractivity (Wildman–Crippen MR) is 89.6 cm³/mol. The van der Waals surface area contributed by atoms with Crippen molar-refractivity contribution in [2.45, 2.75) is 12.3 Å². The molecule has 2 rings (SSSR count). The lowest BCUT2D eigenvalue weighted by Gasteiger charge is -2.14. The van der Waals surface area contributed by atoms with E-state index in [1.54, 1.807) is 48.5 Å². The molecule has 0 saturated heterocycles. The molecule has 0 aromatic heterocycles. The Morgan fingerprint density at radius 1 is 1.04 bits per heavy atom. The van der Waals surface area contributed by atoms with Gasteiger partial charge in [-0.25, -0.2) is 0 Å². The number of carboxylic acid groups (broad SMARTS) is 1. The van der Waals surface area contributed by atoms with Crippen molar-refractivity contribution in [1.82, 2.24) is 0 Å². The van der Waals surface area contributed by atoms with Crippen molar-refractivity contribution in [2.24, 2.45) is 0 Å². The molecule has 0 heterocycles. The fourth-order valence-corrected chi connectivity index (χ4v) is 2.34. The van der Waals surface area contributed by atoms with Gasteiger partial charge in [-0.3, -0.25) is 9.59 Å². The Kier molecular flexibility index (Phi) is 5.78. The van der Waals surface area contributed by atoms with E-state index in [2.05, 4.69) is 5.32 Å². The van der Waals surface area contributed by atoms with Crippen LogP contribution in [0.3, 0.4) is 0 Å². The average Bonchev–Trinajstić information content (AvgIpc) is 2.60. The minimum Gasteiger partial charge on any atom is -0.493 e. The summed E-state index contributed by atoms with van der Waals surface area (Å²) in [6.45, 7) is 0. The van der Waals surface area contributed by atoms with Crippen molar-refractivity contribution in [2.75, 3.05) is 19.5 Å². The molecule has 126 valence electrons. The van der Waals surface area contributed by atoms with Crippen molar-refractivity contribution < 1.29 is 24.2 Å². The molecular weight excluding hydrogens is 310 g/mol. The Morgan fingerprint density at radius 3 is 2.29 bits per heavy atom. The highest BCUT2D eigenvalue weighted by molar-refractivity contribution is 5.94. The zero-order valence-corrected chi connectivity index (χ0v) is 13.5. The summed E-state index contributed by atoms with van der Waals surface area (Å²) in [4.78, 5) is 23.7. The van der Waals surface area contributed by atoms with Crippen molar-refractivity contribution >= 4 is 17.6 Å². The Balaban J connectivity index is 2.10. The molecule has 2 aromatic rings. The first kappa shape index (κ1) is 17.3. The number of benzene rings is 2. The lowest BCUT2D eigenvalue weighted by Crippen LogP contribution is -2.20. The van der Waals surface area contributed by atoms with E-state index < -0.39 is 17.8 Å². The molecule has 0 radical (unpaired) electrons. The highest BCUT2D eigenvalue weighted by Crippen LogP contribution is 2.30. The van der Waals surface area contributed by atoms with Gasteiger partial charge in [0, 0.05) is 18.2 Å². The number of nitrogens with one attached hydrogen (secondary N) is 1. The van der Waals surface area contributed by atoms with Gasteiger partial charge in [0.1, 0.15) is 0 Å². The molecule has 24 heavy (non-hydrogen) atoms. The molecule has 2 aromatic carbocycles. The Labute approximate surface area is 140 Å². The number of amides is 1. The maximum atomic E-state index is 12.2. The van der Waals surface area contributed by atoms with E-state index in [-0.39, 0.29) is 6.42 Å². The van der Waals surface area contributed by atoms with Crippen LogP contribution in [0.25, 0.3) is 0 Å². The van der Waals surface area contributed by atoms with Gasteiger partial charge in [0.2, 0.25) is 5.91 Å². The van der Waals surface area contributed by atoms with Gasteiger partial charge in [-0.05, 0) is 17.7 Å². The van der Waals surface area contributed by atoms with Gasteiger partial charge >= 0.3 is 5.97 Å². The van der Waals surface area contributed by atoms with Crippen LogP contribution in [0.4, 0.5) is 5.69 Å². The SMILES string of the molecule is COc1ccc(NC(=O)C[C@@H](C(=O)O)c2ccccc2)cc1OC.